The summed E-state index contributed by atoms with van der Waals surface area (Å²) >= 11 is 0. The molecule has 0 amide bonds. The highest BCUT2D eigenvalue weighted by atomic mass is 15.1. The van der Waals surface area contributed by atoms with Gasteiger partial charge in [0.2, 0.25) is 0 Å². The fraction of sp³-hybridized carbons (Fsp3) is 0.625. The lowest BCUT2D eigenvalue weighted by atomic mass is 10.0. The first kappa shape index (κ1) is 13.6. The molecule has 1 unspecified atom stereocenters. The van der Waals surface area contributed by atoms with Gasteiger partial charge in [-0.15, -0.1) is 0 Å². The van der Waals surface area contributed by atoms with Crippen LogP contribution in [0.15, 0.2) is 24.3 Å². The van der Waals surface area contributed by atoms with E-state index in [1.54, 1.807) is 0 Å². The molecule has 1 fully saturated rings. The molecule has 0 aliphatic carbocycles. The molecule has 0 spiro atoms. The van der Waals surface area contributed by atoms with Gasteiger partial charge in [0, 0.05) is 6.04 Å². The van der Waals surface area contributed by atoms with Crippen LogP contribution in [0.1, 0.15) is 49.3 Å². The Labute approximate surface area is 111 Å². The van der Waals surface area contributed by atoms with E-state index in [0.29, 0.717) is 0 Å². The van der Waals surface area contributed by atoms with Crippen LogP contribution >= 0.6 is 0 Å². The number of likely N-dealkylation sites (tertiary alicyclic amines) is 1. The third kappa shape index (κ3) is 4.11. The molecule has 0 radical (unpaired) electrons. The molecule has 18 heavy (non-hydrogen) atoms. The Morgan fingerprint density at radius 3 is 2.28 bits per heavy atom. The molecule has 1 atom stereocenters. The van der Waals surface area contributed by atoms with E-state index in [2.05, 4.69) is 36.1 Å². The summed E-state index contributed by atoms with van der Waals surface area (Å²) in [7, 11) is 0. The number of nitrogens with two attached hydrogens (primary N) is 1. The van der Waals surface area contributed by atoms with Crippen LogP contribution in [-0.4, -0.2) is 24.5 Å². The zero-order valence-corrected chi connectivity index (χ0v) is 11.6. The predicted molar refractivity (Wildman–Crippen MR) is 77.6 cm³/mol. The van der Waals surface area contributed by atoms with E-state index < -0.39 is 0 Å². The maximum Gasteiger partial charge on any atom is 0.0307 e. The average molecular weight is 246 g/mol. The smallest absolute Gasteiger partial charge is 0.0307 e. The minimum Gasteiger partial charge on any atom is -0.324 e. The molecule has 1 aliphatic heterocycles. The van der Waals surface area contributed by atoms with Crippen molar-refractivity contribution in [2.24, 2.45) is 5.73 Å². The lowest BCUT2D eigenvalue weighted by Crippen LogP contribution is -2.28. The first-order valence-electron chi connectivity index (χ1n) is 7.30. The van der Waals surface area contributed by atoms with Crippen molar-refractivity contribution >= 4 is 0 Å². The van der Waals surface area contributed by atoms with Gasteiger partial charge < -0.3 is 10.6 Å². The molecular formula is C16H26N2. The quantitative estimate of drug-likeness (QED) is 0.883. The second-order valence-corrected chi connectivity index (χ2v) is 5.56. The number of hydrogen-bond donors (Lipinski definition) is 1. The van der Waals surface area contributed by atoms with Crippen molar-refractivity contribution in [2.45, 2.75) is 45.1 Å². The summed E-state index contributed by atoms with van der Waals surface area (Å²) in [5, 5.41) is 0. The molecule has 1 saturated heterocycles. The van der Waals surface area contributed by atoms with E-state index in [1.165, 1.54) is 49.9 Å². The topological polar surface area (TPSA) is 29.3 Å². The van der Waals surface area contributed by atoms with E-state index >= 15 is 0 Å². The summed E-state index contributed by atoms with van der Waals surface area (Å²) in [6.45, 7) is 5.79. The molecule has 100 valence electrons. The molecule has 0 bridgehead atoms. The Morgan fingerprint density at radius 2 is 1.67 bits per heavy atom. The van der Waals surface area contributed by atoms with Crippen molar-refractivity contribution in [1.29, 1.82) is 0 Å². The maximum absolute atomic E-state index is 6.27. The first-order valence-corrected chi connectivity index (χ1v) is 7.30. The number of nitrogens with zero attached hydrogens (tertiary/aromatic N) is 1. The van der Waals surface area contributed by atoms with Crippen molar-refractivity contribution in [2.75, 3.05) is 19.6 Å². The van der Waals surface area contributed by atoms with Crippen LogP contribution in [0, 0.1) is 6.92 Å². The van der Waals surface area contributed by atoms with Gasteiger partial charge in [0.05, 0.1) is 0 Å². The number of aryl methyl sites for hydroxylation is 1. The highest BCUT2D eigenvalue weighted by Crippen LogP contribution is 2.17. The van der Waals surface area contributed by atoms with Crippen LogP contribution in [0.4, 0.5) is 0 Å². The predicted octanol–water partition coefficient (Wildman–Crippen LogP) is 3.26. The molecule has 1 aromatic carbocycles. The summed E-state index contributed by atoms with van der Waals surface area (Å²) in [5.41, 5.74) is 8.85. The molecule has 1 aliphatic rings. The molecule has 2 nitrogen and oxygen atoms in total. The van der Waals surface area contributed by atoms with Gasteiger partial charge in [-0.2, -0.15) is 0 Å². The van der Waals surface area contributed by atoms with E-state index in [4.69, 9.17) is 5.73 Å². The van der Waals surface area contributed by atoms with Gasteiger partial charge in [-0.25, -0.2) is 0 Å². The highest BCUT2D eigenvalue weighted by molar-refractivity contribution is 5.23. The standard InChI is InChI=1S/C16H26N2/c1-14-6-8-15(9-7-14)16(17)10-13-18-11-4-2-3-5-12-18/h6-9,16H,2-5,10-13,17H2,1H3. The molecule has 2 rings (SSSR count). The first-order chi connectivity index (χ1) is 8.75. The molecule has 0 saturated carbocycles. The van der Waals surface area contributed by atoms with E-state index in [1.807, 2.05) is 0 Å². The van der Waals surface area contributed by atoms with Crippen molar-refractivity contribution in [3.8, 4) is 0 Å². The minimum absolute atomic E-state index is 0.189. The summed E-state index contributed by atoms with van der Waals surface area (Å²) in [6, 6.07) is 8.83. The molecule has 0 aromatic heterocycles. The lowest BCUT2D eigenvalue weighted by molar-refractivity contribution is 0.273. The SMILES string of the molecule is Cc1ccc(C(N)CCN2CCCCCC2)cc1. The van der Waals surface area contributed by atoms with Gasteiger partial charge in [-0.3, -0.25) is 0 Å². The van der Waals surface area contributed by atoms with Gasteiger partial charge in [0.25, 0.3) is 0 Å². The summed E-state index contributed by atoms with van der Waals surface area (Å²) in [4.78, 5) is 2.58. The highest BCUT2D eigenvalue weighted by Gasteiger charge is 2.11. The third-order valence-corrected chi connectivity index (χ3v) is 3.96. The van der Waals surface area contributed by atoms with E-state index in [9.17, 15) is 0 Å². The van der Waals surface area contributed by atoms with Crippen molar-refractivity contribution < 1.29 is 0 Å². The summed E-state index contributed by atoms with van der Waals surface area (Å²) < 4.78 is 0. The third-order valence-electron chi connectivity index (χ3n) is 3.96. The Hall–Kier alpha value is -0.860. The van der Waals surface area contributed by atoms with Crippen LogP contribution in [0.3, 0.4) is 0 Å². The van der Waals surface area contributed by atoms with Crippen LogP contribution in [0.25, 0.3) is 0 Å². The maximum atomic E-state index is 6.27. The molecule has 1 aromatic rings. The van der Waals surface area contributed by atoms with E-state index in [-0.39, 0.29) is 6.04 Å². The molecule has 1 heterocycles. The lowest BCUT2D eigenvalue weighted by Gasteiger charge is -2.22. The van der Waals surface area contributed by atoms with Gasteiger partial charge >= 0.3 is 0 Å². The zero-order chi connectivity index (χ0) is 12.8. The van der Waals surface area contributed by atoms with Crippen molar-refractivity contribution in [1.82, 2.24) is 4.90 Å². The Morgan fingerprint density at radius 1 is 1.06 bits per heavy atom. The Kier molecular flexibility index (Phi) is 5.21. The van der Waals surface area contributed by atoms with Crippen LogP contribution in [0.5, 0.6) is 0 Å². The monoisotopic (exact) mass is 246 g/mol. The number of hydrogen-bond acceptors (Lipinski definition) is 2. The van der Waals surface area contributed by atoms with Gasteiger partial charge in [-0.1, -0.05) is 42.7 Å². The van der Waals surface area contributed by atoms with Crippen LogP contribution in [0.2, 0.25) is 0 Å². The van der Waals surface area contributed by atoms with Crippen molar-refractivity contribution in [3.05, 3.63) is 35.4 Å². The van der Waals surface area contributed by atoms with Crippen LogP contribution in [-0.2, 0) is 0 Å². The fourth-order valence-corrected chi connectivity index (χ4v) is 2.66. The zero-order valence-electron chi connectivity index (χ0n) is 11.6. The average Bonchev–Trinajstić information content (AvgIpc) is 2.65. The van der Waals surface area contributed by atoms with Gasteiger partial charge in [0.15, 0.2) is 0 Å². The van der Waals surface area contributed by atoms with E-state index in [0.717, 1.165) is 13.0 Å². The molecule has 2 N–H and O–H groups in total. The van der Waals surface area contributed by atoms with Gasteiger partial charge in [-0.05, 0) is 51.4 Å². The largest absolute Gasteiger partial charge is 0.324 e. The number of benzene rings is 1. The second kappa shape index (κ2) is 6.91. The molecular weight excluding hydrogens is 220 g/mol. The van der Waals surface area contributed by atoms with Crippen LogP contribution < -0.4 is 5.73 Å². The van der Waals surface area contributed by atoms with Gasteiger partial charge in [0.1, 0.15) is 0 Å². The Balaban J connectivity index is 1.80. The Bertz CT molecular complexity index is 337. The normalized spacial score (nSPS) is 19.4. The minimum atomic E-state index is 0.189. The number of rotatable bonds is 4. The second-order valence-electron chi connectivity index (χ2n) is 5.56. The summed E-state index contributed by atoms with van der Waals surface area (Å²) in [5.74, 6) is 0. The summed E-state index contributed by atoms with van der Waals surface area (Å²) in [6.07, 6.45) is 6.60. The molecule has 2 heteroatoms. The van der Waals surface area contributed by atoms with Crippen molar-refractivity contribution in [3.63, 3.8) is 0 Å². The fourth-order valence-electron chi connectivity index (χ4n) is 2.66.